The lowest BCUT2D eigenvalue weighted by Gasteiger charge is -2.08. The molecule has 0 saturated carbocycles. The van der Waals surface area contributed by atoms with Crippen LogP contribution in [0.3, 0.4) is 0 Å². The van der Waals surface area contributed by atoms with Crippen molar-refractivity contribution in [2.45, 2.75) is 6.61 Å². The van der Waals surface area contributed by atoms with Gasteiger partial charge in [0, 0.05) is 12.7 Å². The molecule has 1 aromatic carbocycles. The molecule has 1 heterocycles. The molecule has 76 valence electrons. The molecular weight excluding hydrogens is 195 g/mol. The number of ether oxygens (including phenoxy) is 3. The van der Waals surface area contributed by atoms with Crippen LogP contribution in [0.15, 0.2) is 12.1 Å². The van der Waals surface area contributed by atoms with E-state index >= 15 is 0 Å². The van der Waals surface area contributed by atoms with Gasteiger partial charge in [-0.25, -0.2) is 4.79 Å². The van der Waals surface area contributed by atoms with E-state index in [-0.39, 0.29) is 13.4 Å². The minimum atomic E-state index is -0.400. The Hall–Kier alpha value is -1.49. The zero-order valence-electron chi connectivity index (χ0n) is 8.28. The van der Waals surface area contributed by atoms with Crippen LogP contribution in [0.25, 0.3) is 0 Å². The molecule has 0 saturated heterocycles. The largest absolute Gasteiger partial charge is 0.467 e. The summed E-state index contributed by atoms with van der Waals surface area (Å²) in [7, 11) is 7.22. The van der Waals surface area contributed by atoms with E-state index in [9.17, 15) is 4.79 Å². The van der Waals surface area contributed by atoms with Crippen molar-refractivity contribution in [3.05, 3.63) is 23.3 Å². The molecule has 2 radical (unpaired) electrons. The van der Waals surface area contributed by atoms with Crippen molar-refractivity contribution in [1.29, 1.82) is 0 Å². The van der Waals surface area contributed by atoms with Gasteiger partial charge in [-0.2, -0.15) is 0 Å². The van der Waals surface area contributed by atoms with Crippen LogP contribution in [0, 0.1) is 0 Å². The monoisotopic (exact) mass is 204 g/mol. The molecule has 0 unspecified atom stereocenters. The number of carbonyl (C=O) groups excluding carboxylic acids is 1. The molecule has 0 fully saturated rings. The third-order valence-corrected chi connectivity index (χ3v) is 2.19. The highest BCUT2D eigenvalue weighted by atomic mass is 16.7. The van der Waals surface area contributed by atoms with Gasteiger partial charge in [-0.1, -0.05) is 11.5 Å². The number of methoxy groups -OCH3 is 1. The van der Waals surface area contributed by atoms with E-state index in [4.69, 9.17) is 22.1 Å². The van der Waals surface area contributed by atoms with Crippen molar-refractivity contribution in [1.82, 2.24) is 0 Å². The van der Waals surface area contributed by atoms with Crippen molar-refractivity contribution >= 4 is 19.3 Å². The second kappa shape index (κ2) is 3.94. The van der Waals surface area contributed by atoms with Crippen LogP contribution in [0.2, 0.25) is 0 Å². The fourth-order valence-corrected chi connectivity index (χ4v) is 1.47. The van der Waals surface area contributed by atoms with E-state index in [0.29, 0.717) is 22.3 Å². The van der Waals surface area contributed by atoms with Gasteiger partial charge in [0.1, 0.15) is 25.8 Å². The number of hydrogen-bond acceptors (Lipinski definition) is 4. The van der Waals surface area contributed by atoms with Gasteiger partial charge in [-0.15, -0.1) is 0 Å². The maximum absolute atomic E-state index is 11.4. The van der Waals surface area contributed by atoms with Gasteiger partial charge in [-0.05, 0) is 6.07 Å². The molecule has 1 aliphatic heterocycles. The molecule has 0 atom stereocenters. The lowest BCUT2D eigenvalue weighted by atomic mass is 9.88. The number of cyclic esters (lactones) is 1. The first-order chi connectivity index (χ1) is 7.24. The minimum Gasteiger partial charge on any atom is -0.467 e. The smallest absolute Gasteiger partial charge is 0.342 e. The van der Waals surface area contributed by atoms with Crippen LogP contribution < -0.4 is 10.2 Å². The Morgan fingerprint density at radius 1 is 1.53 bits per heavy atom. The second-order valence-corrected chi connectivity index (χ2v) is 3.13. The summed E-state index contributed by atoms with van der Waals surface area (Å²) >= 11 is 0. The summed E-state index contributed by atoms with van der Waals surface area (Å²) < 4.78 is 14.9. The first kappa shape index (κ1) is 10.0. The average molecular weight is 204 g/mol. The number of hydrogen-bond donors (Lipinski definition) is 0. The molecule has 4 nitrogen and oxygen atoms in total. The highest BCUT2D eigenvalue weighted by molar-refractivity contribution is 6.34. The van der Waals surface area contributed by atoms with Crippen molar-refractivity contribution in [3.63, 3.8) is 0 Å². The van der Waals surface area contributed by atoms with Gasteiger partial charge in [0.05, 0.1) is 0 Å². The summed E-state index contributed by atoms with van der Waals surface area (Å²) in [5.74, 6) is 0.0481. The van der Waals surface area contributed by atoms with E-state index in [1.165, 1.54) is 7.11 Å². The summed E-state index contributed by atoms with van der Waals surface area (Å²) in [6.07, 6.45) is 0. The molecule has 0 amide bonds. The molecule has 5 heteroatoms. The SMILES string of the molecule is [B]c1ccc(OCOC)c2c1COC2=O. The molecule has 0 N–H and O–H groups in total. The Morgan fingerprint density at radius 3 is 3.07 bits per heavy atom. The van der Waals surface area contributed by atoms with Gasteiger partial charge < -0.3 is 14.2 Å². The van der Waals surface area contributed by atoms with Crippen LogP contribution in [0.5, 0.6) is 5.75 Å². The number of rotatable bonds is 3. The van der Waals surface area contributed by atoms with Gasteiger partial charge in [0.15, 0.2) is 6.79 Å². The summed E-state index contributed by atoms with van der Waals surface area (Å²) in [5, 5.41) is 0. The number of benzene rings is 1. The quantitative estimate of drug-likeness (QED) is 0.399. The van der Waals surface area contributed by atoms with Gasteiger partial charge in [0.25, 0.3) is 0 Å². The third kappa shape index (κ3) is 1.70. The molecule has 0 aromatic heterocycles. The van der Waals surface area contributed by atoms with E-state index < -0.39 is 5.97 Å². The maximum Gasteiger partial charge on any atom is 0.342 e. The number of esters is 1. The molecule has 1 aromatic rings. The molecule has 2 rings (SSSR count). The van der Waals surface area contributed by atoms with Crippen molar-refractivity contribution in [2.24, 2.45) is 0 Å². The maximum atomic E-state index is 11.4. The standard InChI is InChI=1S/C10H9BO4/c1-13-5-15-8-3-2-7(11)6-4-14-10(12)9(6)8/h2-3H,4-5H2,1H3. The van der Waals surface area contributed by atoms with Crippen LogP contribution in [0.1, 0.15) is 15.9 Å². The fourth-order valence-electron chi connectivity index (χ4n) is 1.47. The summed E-state index contributed by atoms with van der Waals surface area (Å²) in [4.78, 5) is 11.4. The predicted octanol–water partition coefficient (Wildman–Crippen LogP) is 0.133. The number of carbonyl (C=O) groups is 1. The fraction of sp³-hybridized carbons (Fsp3) is 0.300. The first-order valence-corrected chi connectivity index (χ1v) is 4.44. The van der Waals surface area contributed by atoms with Gasteiger partial charge in [-0.3, -0.25) is 0 Å². The Bertz CT molecular complexity index is 403. The zero-order chi connectivity index (χ0) is 10.8. The molecule has 15 heavy (non-hydrogen) atoms. The Labute approximate surface area is 88.5 Å². The zero-order valence-corrected chi connectivity index (χ0v) is 8.28. The van der Waals surface area contributed by atoms with Crippen molar-refractivity contribution in [3.8, 4) is 5.75 Å². The molecule has 0 bridgehead atoms. The van der Waals surface area contributed by atoms with Crippen LogP contribution in [-0.2, 0) is 16.1 Å². The summed E-state index contributed by atoms with van der Waals surface area (Å²) in [6, 6.07) is 3.32. The first-order valence-electron chi connectivity index (χ1n) is 4.44. The molecule has 1 aliphatic rings. The average Bonchev–Trinajstić information content (AvgIpc) is 2.61. The third-order valence-electron chi connectivity index (χ3n) is 2.19. The molecular formula is C10H9BO4. The summed E-state index contributed by atoms with van der Waals surface area (Å²) in [6.45, 7) is 0.299. The van der Waals surface area contributed by atoms with E-state index in [2.05, 4.69) is 0 Å². The lowest BCUT2D eigenvalue weighted by molar-refractivity contribution is 0.0460. The van der Waals surface area contributed by atoms with Gasteiger partial charge >= 0.3 is 5.97 Å². The topological polar surface area (TPSA) is 44.8 Å². The van der Waals surface area contributed by atoms with E-state index in [1.54, 1.807) is 12.1 Å². The Morgan fingerprint density at radius 2 is 2.33 bits per heavy atom. The molecule has 0 spiro atoms. The summed E-state index contributed by atoms with van der Waals surface area (Å²) in [5.41, 5.74) is 1.64. The minimum absolute atomic E-state index is 0.0869. The Kier molecular flexibility index (Phi) is 2.64. The normalized spacial score (nSPS) is 13.5. The van der Waals surface area contributed by atoms with Gasteiger partial charge in [0.2, 0.25) is 0 Å². The predicted molar refractivity (Wildman–Crippen MR) is 53.5 cm³/mol. The Balaban J connectivity index is 2.40. The van der Waals surface area contributed by atoms with Crippen LogP contribution in [0.4, 0.5) is 0 Å². The van der Waals surface area contributed by atoms with Crippen molar-refractivity contribution < 1.29 is 19.0 Å². The lowest BCUT2D eigenvalue weighted by Crippen LogP contribution is -2.12. The van der Waals surface area contributed by atoms with E-state index in [0.717, 1.165) is 0 Å². The number of fused-ring (bicyclic) bond motifs is 1. The highest BCUT2D eigenvalue weighted by Gasteiger charge is 2.26. The molecule has 0 aliphatic carbocycles. The van der Waals surface area contributed by atoms with Crippen molar-refractivity contribution in [2.75, 3.05) is 13.9 Å². The van der Waals surface area contributed by atoms with E-state index in [1.807, 2.05) is 0 Å². The van der Waals surface area contributed by atoms with Crippen LogP contribution >= 0.6 is 0 Å². The highest BCUT2D eigenvalue weighted by Crippen LogP contribution is 2.27. The second-order valence-electron chi connectivity index (χ2n) is 3.13. The van der Waals surface area contributed by atoms with Crippen LogP contribution in [-0.4, -0.2) is 27.7 Å².